The van der Waals surface area contributed by atoms with Gasteiger partial charge in [0.1, 0.15) is 5.60 Å². The van der Waals surface area contributed by atoms with E-state index >= 15 is 0 Å². The Bertz CT molecular complexity index is 859. The highest BCUT2D eigenvalue weighted by Gasteiger charge is 2.46. The van der Waals surface area contributed by atoms with Crippen molar-refractivity contribution in [3.63, 3.8) is 0 Å². The van der Waals surface area contributed by atoms with E-state index < -0.39 is 5.60 Å². The monoisotopic (exact) mass is 483 g/mol. The third-order valence-corrected chi connectivity index (χ3v) is 8.30. The standard InChI is InChI=1S/C29H45N3O3/c1-22(2)29(15-19-30(20-16-29)27(34)35-28(3,4)5)31-17-13-25(14-18-31)32(26(33)24-11-12-24)21-23-9-7-6-8-10-23/h6-10,22,24-25H,11-21H2,1-5H3. The summed E-state index contributed by atoms with van der Waals surface area (Å²) in [6, 6.07) is 10.7. The van der Waals surface area contributed by atoms with Gasteiger partial charge in [-0.25, -0.2) is 4.79 Å². The van der Waals surface area contributed by atoms with Crippen LogP contribution in [0.1, 0.15) is 78.7 Å². The molecule has 35 heavy (non-hydrogen) atoms. The topological polar surface area (TPSA) is 53.1 Å². The summed E-state index contributed by atoms with van der Waals surface area (Å²) in [5, 5.41) is 0. The highest BCUT2D eigenvalue weighted by atomic mass is 16.6. The number of nitrogens with zero attached hydrogens (tertiary/aromatic N) is 3. The molecule has 3 fully saturated rings. The number of carbonyl (C=O) groups excluding carboxylic acids is 2. The fourth-order valence-electron chi connectivity index (χ4n) is 6.02. The number of hydrogen-bond donors (Lipinski definition) is 0. The number of amides is 2. The zero-order chi connectivity index (χ0) is 25.2. The molecule has 0 unspecified atom stereocenters. The van der Waals surface area contributed by atoms with Crippen molar-refractivity contribution in [1.29, 1.82) is 0 Å². The Morgan fingerprint density at radius 1 is 1.00 bits per heavy atom. The van der Waals surface area contributed by atoms with E-state index in [2.05, 4.69) is 47.9 Å². The quantitative estimate of drug-likeness (QED) is 0.550. The molecule has 4 rings (SSSR count). The highest BCUT2D eigenvalue weighted by molar-refractivity contribution is 5.81. The molecule has 2 heterocycles. The van der Waals surface area contributed by atoms with Crippen LogP contribution in [0, 0.1) is 11.8 Å². The van der Waals surface area contributed by atoms with Crippen molar-refractivity contribution < 1.29 is 14.3 Å². The molecule has 0 radical (unpaired) electrons. The van der Waals surface area contributed by atoms with Crippen LogP contribution in [0.5, 0.6) is 0 Å². The molecule has 194 valence electrons. The van der Waals surface area contributed by atoms with E-state index in [1.54, 1.807) is 0 Å². The van der Waals surface area contributed by atoms with Gasteiger partial charge < -0.3 is 14.5 Å². The molecule has 2 aliphatic heterocycles. The van der Waals surface area contributed by atoms with E-state index in [1.807, 2.05) is 31.7 Å². The van der Waals surface area contributed by atoms with E-state index in [0.717, 1.165) is 71.2 Å². The lowest BCUT2D eigenvalue weighted by Crippen LogP contribution is -2.62. The first-order valence-corrected chi connectivity index (χ1v) is 13.7. The summed E-state index contributed by atoms with van der Waals surface area (Å²) in [6.07, 6.45) is 5.91. The maximum atomic E-state index is 13.2. The molecule has 1 aromatic rings. The van der Waals surface area contributed by atoms with Crippen LogP contribution in [-0.2, 0) is 16.1 Å². The average Bonchev–Trinajstić information content (AvgIpc) is 3.67. The van der Waals surface area contributed by atoms with Crippen molar-refractivity contribution in [2.45, 2.75) is 96.9 Å². The van der Waals surface area contributed by atoms with Gasteiger partial charge in [0.2, 0.25) is 5.91 Å². The minimum Gasteiger partial charge on any atom is -0.444 e. The van der Waals surface area contributed by atoms with E-state index in [9.17, 15) is 9.59 Å². The third-order valence-electron chi connectivity index (χ3n) is 8.30. The minimum absolute atomic E-state index is 0.105. The van der Waals surface area contributed by atoms with Crippen LogP contribution in [-0.4, -0.2) is 70.1 Å². The van der Waals surface area contributed by atoms with Gasteiger partial charge in [0.15, 0.2) is 0 Å². The van der Waals surface area contributed by atoms with Crippen molar-refractivity contribution in [3.05, 3.63) is 35.9 Å². The Balaban J connectivity index is 1.39. The van der Waals surface area contributed by atoms with Crippen LogP contribution in [0.3, 0.4) is 0 Å². The van der Waals surface area contributed by atoms with Gasteiger partial charge in [0.05, 0.1) is 0 Å². The van der Waals surface area contributed by atoms with Crippen molar-refractivity contribution in [1.82, 2.24) is 14.7 Å². The molecule has 2 amide bonds. The number of benzene rings is 1. The lowest BCUT2D eigenvalue weighted by Gasteiger charge is -2.54. The maximum absolute atomic E-state index is 13.2. The predicted molar refractivity (Wildman–Crippen MR) is 139 cm³/mol. The molecule has 1 aromatic carbocycles. The molecule has 0 bridgehead atoms. The summed E-state index contributed by atoms with van der Waals surface area (Å²) in [6.45, 7) is 14.7. The predicted octanol–water partition coefficient (Wildman–Crippen LogP) is 5.32. The number of rotatable bonds is 6. The van der Waals surface area contributed by atoms with Gasteiger partial charge in [-0.05, 0) is 70.8 Å². The van der Waals surface area contributed by atoms with Gasteiger partial charge in [-0.2, -0.15) is 0 Å². The van der Waals surface area contributed by atoms with Crippen molar-refractivity contribution in [3.8, 4) is 0 Å². The Labute approximate surface area is 212 Å². The van der Waals surface area contributed by atoms with Crippen molar-refractivity contribution in [2.75, 3.05) is 26.2 Å². The second-order valence-corrected chi connectivity index (χ2v) is 12.2. The molecule has 2 saturated heterocycles. The van der Waals surface area contributed by atoms with Crippen LogP contribution >= 0.6 is 0 Å². The summed E-state index contributed by atoms with van der Waals surface area (Å²) >= 11 is 0. The Hall–Kier alpha value is -2.08. The molecule has 1 saturated carbocycles. The fourth-order valence-corrected chi connectivity index (χ4v) is 6.02. The van der Waals surface area contributed by atoms with Crippen LogP contribution in [0.25, 0.3) is 0 Å². The number of carbonyl (C=O) groups is 2. The molecule has 0 spiro atoms. The van der Waals surface area contributed by atoms with Gasteiger partial charge in [0, 0.05) is 50.2 Å². The van der Waals surface area contributed by atoms with Crippen LogP contribution in [0.15, 0.2) is 30.3 Å². The van der Waals surface area contributed by atoms with Gasteiger partial charge >= 0.3 is 6.09 Å². The molecule has 6 heteroatoms. The molecule has 6 nitrogen and oxygen atoms in total. The van der Waals surface area contributed by atoms with Gasteiger partial charge in [-0.15, -0.1) is 0 Å². The molecule has 0 atom stereocenters. The van der Waals surface area contributed by atoms with E-state index in [4.69, 9.17) is 4.74 Å². The number of ether oxygens (including phenoxy) is 1. The van der Waals surface area contributed by atoms with Gasteiger partial charge in [0.25, 0.3) is 0 Å². The molecule has 0 aromatic heterocycles. The minimum atomic E-state index is -0.463. The lowest BCUT2D eigenvalue weighted by atomic mass is 9.75. The van der Waals surface area contributed by atoms with Crippen molar-refractivity contribution in [2.24, 2.45) is 11.8 Å². The smallest absolute Gasteiger partial charge is 0.410 e. The first kappa shape index (κ1) is 26.0. The Morgan fingerprint density at radius 3 is 2.11 bits per heavy atom. The van der Waals surface area contributed by atoms with E-state index in [-0.39, 0.29) is 17.6 Å². The summed E-state index contributed by atoms with van der Waals surface area (Å²) in [4.78, 5) is 32.6. The first-order valence-electron chi connectivity index (χ1n) is 13.7. The lowest BCUT2D eigenvalue weighted by molar-refractivity contribution is -0.137. The number of hydrogen-bond acceptors (Lipinski definition) is 4. The molecule has 3 aliphatic rings. The summed E-state index contributed by atoms with van der Waals surface area (Å²) in [7, 11) is 0. The summed E-state index contributed by atoms with van der Waals surface area (Å²) in [5.41, 5.74) is 0.862. The molecular formula is C29H45N3O3. The second kappa shape index (κ2) is 10.5. The molecule has 0 N–H and O–H groups in total. The molecule has 1 aliphatic carbocycles. The SMILES string of the molecule is CC(C)C1(N2CCC(N(Cc3ccccc3)C(=O)C3CC3)CC2)CCN(C(=O)OC(C)(C)C)CC1. The first-order chi connectivity index (χ1) is 16.6. The van der Waals surface area contributed by atoms with Crippen LogP contribution < -0.4 is 0 Å². The van der Waals surface area contributed by atoms with Crippen LogP contribution in [0.4, 0.5) is 4.79 Å². The second-order valence-electron chi connectivity index (χ2n) is 12.2. The van der Waals surface area contributed by atoms with E-state index in [1.165, 1.54) is 5.56 Å². The third kappa shape index (κ3) is 6.19. The van der Waals surface area contributed by atoms with E-state index in [0.29, 0.717) is 17.9 Å². The average molecular weight is 484 g/mol. The highest BCUT2D eigenvalue weighted by Crippen LogP contribution is 2.39. The molecular weight excluding hydrogens is 438 g/mol. The maximum Gasteiger partial charge on any atom is 0.410 e. The fraction of sp³-hybridized carbons (Fsp3) is 0.724. The number of likely N-dealkylation sites (tertiary alicyclic amines) is 2. The summed E-state index contributed by atoms with van der Waals surface area (Å²) < 4.78 is 5.62. The Kier molecular flexibility index (Phi) is 7.80. The zero-order valence-corrected chi connectivity index (χ0v) is 22.5. The Morgan fingerprint density at radius 2 is 1.60 bits per heavy atom. The number of piperidine rings is 2. The van der Waals surface area contributed by atoms with Gasteiger partial charge in [-0.1, -0.05) is 44.2 Å². The largest absolute Gasteiger partial charge is 0.444 e. The van der Waals surface area contributed by atoms with Crippen LogP contribution in [0.2, 0.25) is 0 Å². The normalized spacial score (nSPS) is 21.7. The van der Waals surface area contributed by atoms with Crippen molar-refractivity contribution >= 4 is 12.0 Å². The summed E-state index contributed by atoms with van der Waals surface area (Å²) in [5.74, 6) is 1.11. The van der Waals surface area contributed by atoms with Gasteiger partial charge in [-0.3, -0.25) is 9.69 Å². The zero-order valence-electron chi connectivity index (χ0n) is 22.5.